The van der Waals surface area contributed by atoms with Gasteiger partial charge in [0.25, 0.3) is 0 Å². The van der Waals surface area contributed by atoms with Crippen LogP contribution in [0.5, 0.6) is 11.5 Å². The molecule has 2 aromatic rings. The second-order valence-electron chi connectivity index (χ2n) is 4.58. The highest BCUT2D eigenvalue weighted by Gasteiger charge is 2.34. The van der Waals surface area contributed by atoms with E-state index >= 15 is 0 Å². The number of fused-ring (bicyclic) bond motifs is 2. The molecule has 1 unspecified atom stereocenters. The Hall–Kier alpha value is -1.82. The quantitative estimate of drug-likeness (QED) is 0.611. The van der Waals surface area contributed by atoms with Crippen LogP contribution in [0.3, 0.4) is 0 Å². The Balaban J connectivity index is 2.18. The highest BCUT2D eigenvalue weighted by molar-refractivity contribution is 9.09. The minimum absolute atomic E-state index is 0.0794. The number of alkyl halides is 4. The summed E-state index contributed by atoms with van der Waals surface area (Å²) in [6.07, 6.45) is -4.49. The minimum Gasteiger partial charge on any atom is -0.456 e. The zero-order valence-electron chi connectivity index (χ0n) is 10.4. The first-order valence-electron chi connectivity index (χ1n) is 6.04. The van der Waals surface area contributed by atoms with Gasteiger partial charge in [0.2, 0.25) is 0 Å². The predicted molar refractivity (Wildman–Crippen MR) is 74.0 cm³/mol. The van der Waals surface area contributed by atoms with Crippen molar-refractivity contribution in [3.8, 4) is 11.5 Å². The molecule has 0 aliphatic carbocycles. The summed E-state index contributed by atoms with van der Waals surface area (Å²) in [5.41, 5.74) is -0.132. The molecule has 0 saturated heterocycles. The number of halogens is 4. The minimum atomic E-state index is -4.49. The largest absolute Gasteiger partial charge is 0.456 e. The number of rotatable bonds is 0. The van der Waals surface area contributed by atoms with Crippen molar-refractivity contribution in [1.29, 1.82) is 0 Å². The van der Waals surface area contributed by atoms with Crippen LogP contribution in [0, 0.1) is 0 Å². The molecule has 1 atom stereocenters. The van der Waals surface area contributed by atoms with Crippen LogP contribution < -0.4 is 4.74 Å². The number of ketones is 1. The van der Waals surface area contributed by atoms with Gasteiger partial charge in [-0.3, -0.25) is 4.79 Å². The van der Waals surface area contributed by atoms with Crippen molar-refractivity contribution < 1.29 is 22.7 Å². The Labute approximate surface area is 126 Å². The lowest BCUT2D eigenvalue weighted by molar-refractivity contribution is -0.137. The van der Waals surface area contributed by atoms with Gasteiger partial charge in [-0.1, -0.05) is 34.1 Å². The third-order valence-electron chi connectivity index (χ3n) is 3.22. The summed E-state index contributed by atoms with van der Waals surface area (Å²) in [4.78, 5) is 11.7. The van der Waals surface area contributed by atoms with Crippen LogP contribution in [0.4, 0.5) is 13.2 Å². The normalized spacial score (nSPS) is 17.5. The molecule has 0 amide bonds. The van der Waals surface area contributed by atoms with E-state index in [1.54, 1.807) is 24.3 Å². The monoisotopic (exact) mass is 356 g/mol. The summed E-state index contributed by atoms with van der Waals surface area (Å²) in [5, 5.41) is 0. The first kappa shape index (κ1) is 14.1. The van der Waals surface area contributed by atoms with E-state index in [9.17, 15) is 18.0 Å². The van der Waals surface area contributed by atoms with Crippen LogP contribution in [-0.2, 0) is 6.18 Å². The molecule has 0 N–H and O–H groups in total. The molecule has 0 bridgehead atoms. The van der Waals surface area contributed by atoms with E-state index in [2.05, 4.69) is 15.9 Å². The fourth-order valence-electron chi connectivity index (χ4n) is 2.17. The fraction of sp³-hybridized carbons (Fsp3) is 0.133. The van der Waals surface area contributed by atoms with E-state index in [0.717, 1.165) is 18.2 Å². The average Bonchev–Trinajstić information content (AvgIpc) is 2.54. The molecule has 0 fully saturated rings. The van der Waals surface area contributed by atoms with Gasteiger partial charge in [-0.05, 0) is 24.3 Å². The third-order valence-corrected chi connectivity index (χ3v) is 4.13. The first-order chi connectivity index (χ1) is 9.88. The van der Waals surface area contributed by atoms with Gasteiger partial charge < -0.3 is 4.74 Å². The maximum atomic E-state index is 12.8. The van der Waals surface area contributed by atoms with E-state index in [-0.39, 0.29) is 17.1 Å². The Bertz CT molecular complexity index is 725. The smallest absolute Gasteiger partial charge is 0.416 e. The van der Waals surface area contributed by atoms with Gasteiger partial charge >= 0.3 is 6.18 Å². The van der Waals surface area contributed by atoms with Gasteiger partial charge in [0.1, 0.15) is 16.3 Å². The number of carbonyl (C=O) groups excluding carboxylic acids is 1. The lowest BCUT2D eigenvalue weighted by Crippen LogP contribution is -2.08. The number of carbonyl (C=O) groups is 1. The maximum Gasteiger partial charge on any atom is 0.416 e. The molecule has 0 aromatic heterocycles. The van der Waals surface area contributed by atoms with Gasteiger partial charge in [0.05, 0.1) is 11.1 Å². The van der Waals surface area contributed by atoms with E-state index < -0.39 is 16.6 Å². The average molecular weight is 357 g/mol. The molecular formula is C15H8BrF3O2. The molecule has 1 aliphatic rings. The van der Waals surface area contributed by atoms with Crippen LogP contribution in [0.15, 0.2) is 42.5 Å². The topological polar surface area (TPSA) is 26.3 Å². The molecule has 6 heteroatoms. The standard InChI is InChI=1S/C15H8BrF3O2/c16-13-9-3-1-2-4-11(9)21-12-7-8(15(17,18)19)5-6-10(12)14(13)20/h1-7,13H. The maximum absolute atomic E-state index is 12.8. The van der Waals surface area contributed by atoms with Crippen molar-refractivity contribution in [3.63, 3.8) is 0 Å². The zero-order chi connectivity index (χ0) is 15.2. The summed E-state index contributed by atoms with van der Waals surface area (Å²) in [7, 11) is 0. The van der Waals surface area contributed by atoms with Gasteiger partial charge in [-0.15, -0.1) is 0 Å². The molecule has 2 nitrogen and oxygen atoms in total. The summed E-state index contributed by atoms with van der Waals surface area (Å²) in [5.74, 6) is -0.0429. The lowest BCUT2D eigenvalue weighted by atomic mass is 10.0. The fourth-order valence-corrected chi connectivity index (χ4v) is 2.79. The van der Waals surface area contributed by atoms with Crippen LogP contribution in [0.25, 0.3) is 0 Å². The van der Waals surface area contributed by atoms with Crippen LogP contribution in [0.1, 0.15) is 26.3 Å². The molecule has 0 spiro atoms. The predicted octanol–water partition coefficient (Wildman–Crippen LogP) is 5.13. The second kappa shape index (κ2) is 4.87. The molecule has 0 saturated carbocycles. The number of benzene rings is 2. The molecule has 108 valence electrons. The third kappa shape index (κ3) is 2.44. The SMILES string of the molecule is O=C1c2ccc(C(F)(F)F)cc2Oc2ccccc2C1Br. The summed E-state index contributed by atoms with van der Waals surface area (Å²) in [6, 6.07) is 9.64. The molecule has 1 aliphatic heterocycles. The zero-order valence-corrected chi connectivity index (χ0v) is 12.0. The number of para-hydroxylation sites is 1. The van der Waals surface area contributed by atoms with Gasteiger partial charge in [0.15, 0.2) is 5.78 Å². The summed E-state index contributed by atoms with van der Waals surface area (Å²) >= 11 is 3.28. The molecule has 3 rings (SSSR count). The van der Waals surface area contributed by atoms with E-state index in [4.69, 9.17) is 4.74 Å². The lowest BCUT2D eigenvalue weighted by Gasteiger charge is -2.11. The van der Waals surface area contributed by atoms with Crippen molar-refractivity contribution >= 4 is 21.7 Å². The molecular weight excluding hydrogens is 349 g/mol. The van der Waals surface area contributed by atoms with E-state index in [1.165, 1.54) is 0 Å². The molecule has 21 heavy (non-hydrogen) atoms. The van der Waals surface area contributed by atoms with Crippen molar-refractivity contribution in [2.45, 2.75) is 11.0 Å². The second-order valence-corrected chi connectivity index (χ2v) is 5.49. The highest BCUT2D eigenvalue weighted by Crippen LogP contribution is 2.43. The first-order valence-corrected chi connectivity index (χ1v) is 6.96. The van der Waals surface area contributed by atoms with Crippen LogP contribution >= 0.6 is 15.9 Å². The van der Waals surface area contributed by atoms with E-state index in [0.29, 0.717) is 11.3 Å². The Morgan fingerprint density at radius 1 is 1.05 bits per heavy atom. The molecule has 2 aromatic carbocycles. The van der Waals surface area contributed by atoms with Gasteiger partial charge in [-0.25, -0.2) is 0 Å². The van der Waals surface area contributed by atoms with Gasteiger partial charge in [-0.2, -0.15) is 13.2 Å². The van der Waals surface area contributed by atoms with Crippen LogP contribution in [0.2, 0.25) is 0 Å². The Morgan fingerprint density at radius 2 is 1.76 bits per heavy atom. The number of hydrogen-bond donors (Lipinski definition) is 0. The van der Waals surface area contributed by atoms with Crippen molar-refractivity contribution in [2.24, 2.45) is 0 Å². The Morgan fingerprint density at radius 3 is 2.48 bits per heavy atom. The molecule has 1 heterocycles. The van der Waals surface area contributed by atoms with E-state index in [1.807, 2.05) is 0 Å². The Kier molecular flexibility index (Phi) is 3.28. The van der Waals surface area contributed by atoms with Crippen molar-refractivity contribution in [1.82, 2.24) is 0 Å². The van der Waals surface area contributed by atoms with Crippen molar-refractivity contribution in [2.75, 3.05) is 0 Å². The molecule has 0 radical (unpaired) electrons. The number of hydrogen-bond acceptors (Lipinski definition) is 2. The van der Waals surface area contributed by atoms with Crippen molar-refractivity contribution in [3.05, 3.63) is 59.2 Å². The summed E-state index contributed by atoms with van der Waals surface area (Å²) in [6.45, 7) is 0. The number of Topliss-reactive ketones (excluding diaryl/α,β-unsaturated/α-hetero) is 1. The van der Waals surface area contributed by atoms with Gasteiger partial charge in [0, 0.05) is 5.56 Å². The summed E-state index contributed by atoms with van der Waals surface area (Å²) < 4.78 is 43.9. The highest BCUT2D eigenvalue weighted by atomic mass is 79.9. The van der Waals surface area contributed by atoms with Crippen LogP contribution in [-0.4, -0.2) is 5.78 Å². The number of ether oxygens (including phenoxy) is 1.